The van der Waals surface area contributed by atoms with Crippen molar-refractivity contribution in [3.05, 3.63) is 70.4 Å². The molecule has 158 valence electrons. The molecular formula is C21H23N3O5S. The summed E-state index contributed by atoms with van der Waals surface area (Å²) >= 11 is 0. The predicted octanol–water partition coefficient (Wildman–Crippen LogP) is 4.30. The Kier molecular flexibility index (Phi) is 6.04. The van der Waals surface area contributed by atoms with E-state index in [-0.39, 0.29) is 23.7 Å². The average molecular weight is 429 g/mol. The summed E-state index contributed by atoms with van der Waals surface area (Å²) in [6.45, 7) is 5.51. The fourth-order valence-electron chi connectivity index (χ4n) is 2.97. The molecule has 2 aromatic carbocycles. The minimum absolute atomic E-state index is 0.0898. The molecule has 0 saturated heterocycles. The summed E-state index contributed by atoms with van der Waals surface area (Å²) in [6, 6.07) is 13.7. The third-order valence-electron chi connectivity index (χ3n) is 4.66. The van der Waals surface area contributed by atoms with Gasteiger partial charge in [-0.25, -0.2) is 4.98 Å². The molecule has 0 aliphatic heterocycles. The Morgan fingerprint density at radius 2 is 1.80 bits per heavy atom. The van der Waals surface area contributed by atoms with Gasteiger partial charge in [0.05, 0.1) is 21.9 Å². The van der Waals surface area contributed by atoms with Gasteiger partial charge >= 0.3 is 5.69 Å². The van der Waals surface area contributed by atoms with Crippen molar-refractivity contribution < 1.29 is 17.5 Å². The summed E-state index contributed by atoms with van der Waals surface area (Å²) in [5.41, 5.74) is 0.807. The summed E-state index contributed by atoms with van der Waals surface area (Å²) in [5, 5.41) is 15.2. The number of rotatable bonds is 8. The zero-order valence-electron chi connectivity index (χ0n) is 17.0. The number of aromatic nitrogens is 1. The van der Waals surface area contributed by atoms with Gasteiger partial charge in [0.2, 0.25) is 0 Å². The van der Waals surface area contributed by atoms with Gasteiger partial charge in [-0.2, -0.15) is 8.42 Å². The van der Waals surface area contributed by atoms with Crippen LogP contribution in [0, 0.1) is 22.5 Å². The van der Waals surface area contributed by atoms with Crippen LogP contribution in [0.25, 0.3) is 10.9 Å². The molecule has 3 aromatic rings. The van der Waals surface area contributed by atoms with Gasteiger partial charge in [-0.3, -0.25) is 14.3 Å². The van der Waals surface area contributed by atoms with E-state index in [1.807, 2.05) is 13.8 Å². The van der Waals surface area contributed by atoms with Crippen molar-refractivity contribution in [2.75, 3.05) is 18.5 Å². The minimum atomic E-state index is -3.91. The second kappa shape index (κ2) is 8.37. The molecule has 0 spiro atoms. The molecule has 0 bridgehead atoms. The van der Waals surface area contributed by atoms with E-state index in [2.05, 4.69) is 10.3 Å². The third-order valence-corrected chi connectivity index (χ3v) is 6.09. The number of para-hydroxylation sites is 1. The van der Waals surface area contributed by atoms with E-state index in [9.17, 15) is 18.5 Å². The van der Waals surface area contributed by atoms with Gasteiger partial charge in [-0.15, -0.1) is 0 Å². The van der Waals surface area contributed by atoms with Crippen molar-refractivity contribution in [2.24, 2.45) is 5.41 Å². The largest absolute Gasteiger partial charge is 0.378 e. The second-order valence-corrected chi connectivity index (χ2v) is 9.38. The molecule has 0 fully saturated rings. The monoisotopic (exact) mass is 429 g/mol. The normalized spacial score (nSPS) is 12.1. The summed E-state index contributed by atoms with van der Waals surface area (Å²) in [7, 11) is -3.91. The highest BCUT2D eigenvalue weighted by Crippen LogP contribution is 2.32. The average Bonchev–Trinajstić information content (AvgIpc) is 2.70. The van der Waals surface area contributed by atoms with Crippen LogP contribution in [0.5, 0.6) is 0 Å². The maximum absolute atomic E-state index is 12.6. The summed E-state index contributed by atoms with van der Waals surface area (Å²) < 4.78 is 30.4. The number of pyridine rings is 1. The fraction of sp³-hybridized carbons (Fsp3) is 0.286. The second-order valence-electron chi connectivity index (χ2n) is 7.79. The Morgan fingerprint density at radius 1 is 1.13 bits per heavy atom. The first-order valence-electron chi connectivity index (χ1n) is 9.32. The molecule has 0 saturated carbocycles. The molecule has 1 aromatic heterocycles. The maximum Gasteiger partial charge on any atom is 0.311 e. The molecule has 30 heavy (non-hydrogen) atoms. The Hall–Kier alpha value is -3.04. The van der Waals surface area contributed by atoms with Crippen molar-refractivity contribution >= 4 is 32.4 Å². The van der Waals surface area contributed by atoms with E-state index in [1.165, 1.54) is 12.3 Å². The first-order valence-corrected chi connectivity index (χ1v) is 10.7. The highest BCUT2D eigenvalue weighted by molar-refractivity contribution is 7.86. The zero-order chi connectivity index (χ0) is 21.9. The predicted molar refractivity (Wildman–Crippen MR) is 115 cm³/mol. The van der Waals surface area contributed by atoms with Crippen LogP contribution in [-0.2, 0) is 14.3 Å². The molecule has 3 rings (SSSR count). The van der Waals surface area contributed by atoms with Crippen LogP contribution in [0.15, 0.2) is 59.6 Å². The summed E-state index contributed by atoms with van der Waals surface area (Å²) in [5.74, 6) is 0. The highest BCUT2D eigenvalue weighted by Gasteiger charge is 2.26. The third kappa shape index (κ3) is 4.74. The lowest BCUT2D eigenvalue weighted by Crippen LogP contribution is -2.30. The molecule has 1 N–H and O–H groups in total. The topological polar surface area (TPSA) is 111 Å². The number of nitro groups is 1. The standard InChI is InChI=1S/C21H23N3O5S/c1-15-8-4-7-11-19(15)30(27,28)29-14-21(2,3)13-23-20-16-9-5-6-10-17(16)22-12-18(20)24(25)26/h4-12H,13-14H2,1-3H3,(H,22,23). The van der Waals surface area contributed by atoms with Crippen LogP contribution in [0.1, 0.15) is 19.4 Å². The Balaban J connectivity index is 1.78. The number of anilines is 1. The molecule has 1 heterocycles. The number of aryl methyl sites for hydroxylation is 1. The van der Waals surface area contributed by atoms with Gasteiger partial charge in [0.25, 0.3) is 10.1 Å². The van der Waals surface area contributed by atoms with Crippen molar-refractivity contribution in [2.45, 2.75) is 25.7 Å². The van der Waals surface area contributed by atoms with E-state index >= 15 is 0 Å². The highest BCUT2D eigenvalue weighted by atomic mass is 32.2. The molecule has 0 aliphatic carbocycles. The van der Waals surface area contributed by atoms with Crippen molar-refractivity contribution in [1.82, 2.24) is 4.98 Å². The van der Waals surface area contributed by atoms with Gasteiger partial charge in [-0.05, 0) is 24.6 Å². The lowest BCUT2D eigenvalue weighted by atomic mass is 9.95. The summed E-state index contributed by atoms with van der Waals surface area (Å²) in [4.78, 5) is 15.2. The van der Waals surface area contributed by atoms with Gasteiger partial charge in [-0.1, -0.05) is 50.2 Å². The number of nitrogens with zero attached hydrogens (tertiary/aromatic N) is 2. The molecule has 0 amide bonds. The molecule has 0 radical (unpaired) electrons. The molecular weight excluding hydrogens is 406 g/mol. The van der Waals surface area contributed by atoms with Gasteiger partial charge < -0.3 is 5.32 Å². The number of nitrogens with one attached hydrogen (secondary N) is 1. The van der Waals surface area contributed by atoms with Crippen LogP contribution in [0.4, 0.5) is 11.4 Å². The lowest BCUT2D eigenvalue weighted by molar-refractivity contribution is -0.384. The van der Waals surface area contributed by atoms with Crippen molar-refractivity contribution in [3.8, 4) is 0 Å². The van der Waals surface area contributed by atoms with Gasteiger partial charge in [0, 0.05) is 17.3 Å². The first-order chi connectivity index (χ1) is 14.1. The number of benzene rings is 2. The Labute approximate surface area is 175 Å². The van der Waals surface area contributed by atoms with E-state index < -0.39 is 20.5 Å². The minimum Gasteiger partial charge on any atom is -0.378 e. The lowest BCUT2D eigenvalue weighted by Gasteiger charge is -2.25. The molecule has 0 aliphatic rings. The van der Waals surface area contributed by atoms with E-state index in [1.54, 1.807) is 49.4 Å². The van der Waals surface area contributed by atoms with Crippen LogP contribution in [0.3, 0.4) is 0 Å². The van der Waals surface area contributed by atoms with Gasteiger partial charge in [0.15, 0.2) is 0 Å². The maximum atomic E-state index is 12.6. The van der Waals surface area contributed by atoms with E-state index in [0.717, 1.165) is 0 Å². The quantitative estimate of drug-likeness (QED) is 0.323. The molecule has 0 atom stereocenters. The van der Waals surface area contributed by atoms with Crippen LogP contribution < -0.4 is 5.32 Å². The summed E-state index contributed by atoms with van der Waals surface area (Å²) in [6.07, 6.45) is 1.22. The Morgan fingerprint density at radius 3 is 2.50 bits per heavy atom. The van der Waals surface area contributed by atoms with Gasteiger partial charge in [0.1, 0.15) is 11.9 Å². The van der Waals surface area contributed by atoms with Crippen molar-refractivity contribution in [1.29, 1.82) is 0 Å². The first kappa shape index (κ1) is 21.7. The number of hydrogen-bond acceptors (Lipinski definition) is 7. The van der Waals surface area contributed by atoms with E-state index in [4.69, 9.17) is 4.18 Å². The van der Waals surface area contributed by atoms with Crippen molar-refractivity contribution in [3.63, 3.8) is 0 Å². The van der Waals surface area contributed by atoms with Crippen LogP contribution in [0.2, 0.25) is 0 Å². The number of hydrogen-bond donors (Lipinski definition) is 1. The molecule has 0 unspecified atom stereocenters. The molecule has 8 nitrogen and oxygen atoms in total. The SMILES string of the molecule is Cc1ccccc1S(=O)(=O)OCC(C)(C)CNc1c([N+](=O)[O-])cnc2ccccc12. The number of fused-ring (bicyclic) bond motifs is 1. The fourth-order valence-corrected chi connectivity index (χ4v) is 4.28. The molecule has 9 heteroatoms. The Bertz CT molecular complexity index is 1190. The zero-order valence-corrected chi connectivity index (χ0v) is 17.8. The van der Waals surface area contributed by atoms with Crippen LogP contribution >= 0.6 is 0 Å². The van der Waals surface area contributed by atoms with Crippen LogP contribution in [-0.4, -0.2) is 31.5 Å². The van der Waals surface area contributed by atoms with E-state index in [0.29, 0.717) is 22.2 Å². The smallest absolute Gasteiger partial charge is 0.311 e.